The molecule has 7 nitrogen and oxygen atoms in total. The average Bonchev–Trinajstić information content (AvgIpc) is 2.47. The summed E-state index contributed by atoms with van der Waals surface area (Å²) in [6.45, 7) is 1.65. The van der Waals surface area contributed by atoms with E-state index in [0.717, 1.165) is 0 Å². The van der Waals surface area contributed by atoms with Gasteiger partial charge in [0.2, 0.25) is 11.8 Å². The number of ether oxygens (including phenoxy) is 1. The molecule has 21 heavy (non-hydrogen) atoms. The van der Waals surface area contributed by atoms with Crippen LogP contribution in [0.5, 0.6) is 0 Å². The first-order valence-electron chi connectivity index (χ1n) is 6.21. The van der Waals surface area contributed by atoms with Crippen LogP contribution in [-0.4, -0.2) is 37.5 Å². The van der Waals surface area contributed by atoms with E-state index in [4.69, 9.17) is 10.5 Å². The Hall–Kier alpha value is -1.93. The molecule has 0 spiro atoms. The summed E-state index contributed by atoms with van der Waals surface area (Å²) in [5.74, 6) is -1.26. The van der Waals surface area contributed by atoms with Gasteiger partial charge in [-0.2, -0.15) is 0 Å². The highest BCUT2D eigenvalue weighted by molar-refractivity contribution is 9.10. The zero-order valence-corrected chi connectivity index (χ0v) is 13.0. The highest BCUT2D eigenvalue weighted by atomic mass is 79.9. The van der Waals surface area contributed by atoms with Crippen LogP contribution in [0.1, 0.15) is 17.3 Å². The summed E-state index contributed by atoms with van der Waals surface area (Å²) in [7, 11) is 0. The monoisotopic (exact) mass is 357 g/mol. The van der Waals surface area contributed by atoms with Gasteiger partial charge in [-0.25, -0.2) is 4.79 Å². The largest absolute Gasteiger partial charge is 0.462 e. The highest BCUT2D eigenvalue weighted by Crippen LogP contribution is 2.24. The van der Waals surface area contributed by atoms with Gasteiger partial charge in [0.05, 0.1) is 30.9 Å². The molecule has 0 atom stereocenters. The van der Waals surface area contributed by atoms with Crippen molar-refractivity contribution in [3.63, 3.8) is 0 Å². The van der Waals surface area contributed by atoms with Crippen molar-refractivity contribution in [2.24, 2.45) is 5.73 Å². The molecule has 0 aliphatic carbocycles. The standard InChI is InChI=1S/C13H16BrN3O4/c1-2-21-13(20)8-3-4-10(9(14)5-8)17-12(19)7-16-11(18)6-15/h3-5H,2,6-7,15H2,1H3,(H,16,18)(H,17,19). The Labute approximate surface area is 130 Å². The van der Waals surface area contributed by atoms with E-state index in [0.29, 0.717) is 15.7 Å². The Kier molecular flexibility index (Phi) is 6.83. The summed E-state index contributed by atoms with van der Waals surface area (Å²) in [6, 6.07) is 4.65. The average molecular weight is 358 g/mol. The van der Waals surface area contributed by atoms with Gasteiger partial charge in [0.1, 0.15) is 0 Å². The molecule has 2 amide bonds. The first kappa shape index (κ1) is 17.1. The van der Waals surface area contributed by atoms with Crippen LogP contribution in [0.25, 0.3) is 0 Å². The molecule has 0 aliphatic heterocycles. The molecule has 1 aromatic carbocycles. The minimum atomic E-state index is -0.439. The van der Waals surface area contributed by atoms with E-state index < -0.39 is 17.8 Å². The predicted molar refractivity (Wildman–Crippen MR) is 80.8 cm³/mol. The summed E-state index contributed by atoms with van der Waals surface area (Å²) in [4.78, 5) is 34.1. The number of hydrogen-bond acceptors (Lipinski definition) is 5. The van der Waals surface area contributed by atoms with E-state index in [2.05, 4.69) is 26.6 Å². The third kappa shape index (κ3) is 5.52. The van der Waals surface area contributed by atoms with Crippen LogP contribution in [0, 0.1) is 0 Å². The Morgan fingerprint density at radius 3 is 2.57 bits per heavy atom. The van der Waals surface area contributed by atoms with E-state index in [-0.39, 0.29) is 19.7 Å². The molecule has 0 unspecified atom stereocenters. The van der Waals surface area contributed by atoms with Crippen molar-refractivity contribution in [2.45, 2.75) is 6.92 Å². The predicted octanol–water partition coefficient (Wildman–Crippen LogP) is 0.639. The molecule has 8 heteroatoms. The summed E-state index contributed by atoms with van der Waals surface area (Å²) >= 11 is 3.26. The number of esters is 1. The number of carbonyl (C=O) groups is 3. The molecular formula is C13H16BrN3O4. The maximum absolute atomic E-state index is 11.6. The van der Waals surface area contributed by atoms with Gasteiger partial charge in [0.15, 0.2) is 0 Å². The normalized spacial score (nSPS) is 9.86. The summed E-state index contributed by atoms with van der Waals surface area (Å²) in [5.41, 5.74) is 5.96. The fourth-order valence-corrected chi connectivity index (χ4v) is 1.88. The molecule has 1 rings (SSSR count). The van der Waals surface area contributed by atoms with E-state index in [9.17, 15) is 14.4 Å². The van der Waals surface area contributed by atoms with Crippen LogP contribution in [0.15, 0.2) is 22.7 Å². The number of halogens is 1. The summed E-state index contributed by atoms with van der Waals surface area (Å²) < 4.78 is 5.41. The van der Waals surface area contributed by atoms with Gasteiger partial charge in [-0.15, -0.1) is 0 Å². The quantitative estimate of drug-likeness (QED) is 0.647. The zero-order valence-electron chi connectivity index (χ0n) is 11.4. The van der Waals surface area contributed by atoms with Crippen molar-refractivity contribution in [1.29, 1.82) is 0 Å². The molecule has 114 valence electrons. The van der Waals surface area contributed by atoms with Crippen molar-refractivity contribution >= 4 is 39.4 Å². The highest BCUT2D eigenvalue weighted by Gasteiger charge is 2.11. The summed E-state index contributed by atoms with van der Waals surface area (Å²) in [6.07, 6.45) is 0. The van der Waals surface area contributed by atoms with E-state index in [1.807, 2.05) is 0 Å². The lowest BCUT2D eigenvalue weighted by atomic mass is 10.2. The van der Waals surface area contributed by atoms with Crippen LogP contribution in [0.3, 0.4) is 0 Å². The van der Waals surface area contributed by atoms with E-state index >= 15 is 0 Å². The molecule has 0 fully saturated rings. The smallest absolute Gasteiger partial charge is 0.338 e. The lowest BCUT2D eigenvalue weighted by molar-refractivity contribution is -0.123. The van der Waals surface area contributed by atoms with Gasteiger partial charge in [-0.05, 0) is 41.1 Å². The maximum atomic E-state index is 11.6. The van der Waals surface area contributed by atoms with Crippen molar-refractivity contribution in [1.82, 2.24) is 5.32 Å². The Morgan fingerprint density at radius 1 is 1.29 bits per heavy atom. The SMILES string of the molecule is CCOC(=O)c1ccc(NC(=O)CNC(=O)CN)c(Br)c1. The third-order valence-electron chi connectivity index (χ3n) is 2.39. The van der Waals surface area contributed by atoms with E-state index in [1.165, 1.54) is 6.07 Å². The lowest BCUT2D eigenvalue weighted by Gasteiger charge is -2.09. The van der Waals surface area contributed by atoms with Gasteiger partial charge in [0, 0.05) is 4.47 Å². The molecular weight excluding hydrogens is 342 g/mol. The zero-order chi connectivity index (χ0) is 15.8. The van der Waals surface area contributed by atoms with Gasteiger partial charge in [0.25, 0.3) is 0 Å². The number of rotatable bonds is 6. The van der Waals surface area contributed by atoms with Gasteiger partial charge in [-0.1, -0.05) is 0 Å². The first-order chi connectivity index (χ1) is 9.97. The van der Waals surface area contributed by atoms with E-state index in [1.54, 1.807) is 19.1 Å². The molecule has 4 N–H and O–H groups in total. The molecule has 0 bridgehead atoms. The Balaban J connectivity index is 2.66. The van der Waals surface area contributed by atoms with Crippen molar-refractivity contribution in [3.8, 4) is 0 Å². The van der Waals surface area contributed by atoms with Crippen molar-refractivity contribution < 1.29 is 19.1 Å². The van der Waals surface area contributed by atoms with Crippen molar-refractivity contribution in [3.05, 3.63) is 28.2 Å². The minimum Gasteiger partial charge on any atom is -0.462 e. The number of nitrogens with two attached hydrogens (primary N) is 1. The Morgan fingerprint density at radius 2 is 2.00 bits per heavy atom. The number of benzene rings is 1. The van der Waals surface area contributed by atoms with Crippen molar-refractivity contribution in [2.75, 3.05) is 25.0 Å². The summed E-state index contributed by atoms with van der Waals surface area (Å²) in [5, 5.41) is 4.95. The molecule has 0 aromatic heterocycles. The van der Waals surface area contributed by atoms with Gasteiger partial charge < -0.3 is 21.1 Å². The minimum absolute atomic E-state index is 0.175. The fraction of sp³-hybridized carbons (Fsp3) is 0.308. The van der Waals surface area contributed by atoms with Crippen LogP contribution < -0.4 is 16.4 Å². The Bertz CT molecular complexity index is 548. The second-order valence-corrected chi connectivity index (χ2v) is 4.80. The van der Waals surface area contributed by atoms with Crippen LogP contribution in [0.2, 0.25) is 0 Å². The molecule has 0 aliphatic rings. The number of hydrogen-bond donors (Lipinski definition) is 3. The molecule has 1 aromatic rings. The third-order valence-corrected chi connectivity index (χ3v) is 3.04. The van der Waals surface area contributed by atoms with Gasteiger partial charge >= 0.3 is 5.97 Å². The number of nitrogens with one attached hydrogen (secondary N) is 2. The molecule has 0 heterocycles. The second kappa shape index (κ2) is 8.38. The van der Waals surface area contributed by atoms with Crippen LogP contribution in [-0.2, 0) is 14.3 Å². The fourth-order valence-electron chi connectivity index (χ4n) is 1.40. The molecule has 0 saturated carbocycles. The van der Waals surface area contributed by atoms with Gasteiger partial charge in [-0.3, -0.25) is 9.59 Å². The molecule has 0 radical (unpaired) electrons. The lowest BCUT2D eigenvalue weighted by Crippen LogP contribution is -2.36. The first-order valence-corrected chi connectivity index (χ1v) is 7.00. The maximum Gasteiger partial charge on any atom is 0.338 e. The van der Waals surface area contributed by atoms with Crippen LogP contribution >= 0.6 is 15.9 Å². The topological polar surface area (TPSA) is 111 Å². The number of carbonyl (C=O) groups excluding carboxylic acids is 3. The number of amides is 2. The number of anilines is 1. The second-order valence-electron chi connectivity index (χ2n) is 3.94. The van der Waals surface area contributed by atoms with Crippen LogP contribution in [0.4, 0.5) is 5.69 Å². The molecule has 0 saturated heterocycles.